The van der Waals surface area contributed by atoms with Crippen LogP contribution in [-0.2, 0) is 22.4 Å². The fraction of sp³-hybridized carbons (Fsp3) is 0.765. The van der Waals surface area contributed by atoms with Gasteiger partial charge >= 0.3 is 6.09 Å². The first-order valence-corrected chi connectivity index (χ1v) is 8.59. The van der Waals surface area contributed by atoms with Crippen molar-refractivity contribution in [3.8, 4) is 0 Å². The van der Waals surface area contributed by atoms with Gasteiger partial charge in [0.05, 0.1) is 25.4 Å². The summed E-state index contributed by atoms with van der Waals surface area (Å²) in [7, 11) is 1.43. The van der Waals surface area contributed by atoms with Crippen LogP contribution < -0.4 is 0 Å². The average Bonchev–Trinajstić information content (AvgIpc) is 2.92. The van der Waals surface area contributed by atoms with Crippen LogP contribution in [0.5, 0.6) is 0 Å². The van der Waals surface area contributed by atoms with Crippen LogP contribution in [-0.4, -0.2) is 47.6 Å². The average molecular weight is 323 g/mol. The fourth-order valence-corrected chi connectivity index (χ4v) is 3.13. The summed E-state index contributed by atoms with van der Waals surface area (Å²) in [6, 6.07) is 0.441. The predicted octanol–water partition coefficient (Wildman–Crippen LogP) is 3.08. The summed E-state index contributed by atoms with van der Waals surface area (Å²) < 4.78 is 12.4. The molecule has 1 fully saturated rings. The summed E-state index contributed by atoms with van der Waals surface area (Å²) in [5.41, 5.74) is 3.50. The van der Waals surface area contributed by atoms with Crippen LogP contribution in [0.4, 0.5) is 4.79 Å². The van der Waals surface area contributed by atoms with Gasteiger partial charge in [0.2, 0.25) is 0 Å². The second-order valence-electron chi connectivity index (χ2n) is 6.15. The normalized spacial score (nSPS) is 18.0. The van der Waals surface area contributed by atoms with E-state index in [1.54, 1.807) is 4.90 Å². The van der Waals surface area contributed by atoms with E-state index in [0.29, 0.717) is 19.1 Å². The van der Waals surface area contributed by atoms with Crippen LogP contribution in [0.15, 0.2) is 0 Å². The van der Waals surface area contributed by atoms with Crippen molar-refractivity contribution in [3.63, 3.8) is 0 Å². The highest BCUT2D eigenvalue weighted by molar-refractivity contribution is 5.68. The topological polar surface area (TPSA) is 56.6 Å². The van der Waals surface area contributed by atoms with Gasteiger partial charge in [-0.15, -0.1) is 0 Å². The zero-order valence-corrected chi connectivity index (χ0v) is 14.8. The minimum Gasteiger partial charge on any atom is -0.453 e. The number of carbonyl (C=O) groups excluding carboxylic acids is 1. The number of nitrogens with zero attached hydrogens (tertiary/aromatic N) is 3. The number of amides is 1. The van der Waals surface area contributed by atoms with Crippen molar-refractivity contribution in [2.75, 3.05) is 26.9 Å². The number of rotatable bonds is 1. The Hall–Kier alpha value is -1.56. The van der Waals surface area contributed by atoms with Gasteiger partial charge < -0.3 is 14.4 Å². The number of carbonyl (C=O) groups is 1. The van der Waals surface area contributed by atoms with Crippen molar-refractivity contribution in [2.45, 2.75) is 59.0 Å². The number of hydrogen-bond acceptors (Lipinski definition) is 4. The Morgan fingerprint density at radius 3 is 2.61 bits per heavy atom. The number of aryl methyl sites for hydroxylation is 1. The molecular weight excluding hydrogens is 294 g/mol. The minimum atomic E-state index is -0.256. The number of hydrogen-bond donors (Lipinski definition) is 0. The van der Waals surface area contributed by atoms with Crippen LogP contribution in [0.2, 0.25) is 0 Å². The van der Waals surface area contributed by atoms with Crippen LogP contribution in [0.3, 0.4) is 0 Å². The van der Waals surface area contributed by atoms with E-state index >= 15 is 0 Å². The van der Waals surface area contributed by atoms with Gasteiger partial charge in [0.25, 0.3) is 0 Å². The molecule has 23 heavy (non-hydrogen) atoms. The Labute approximate surface area is 138 Å². The van der Waals surface area contributed by atoms with Gasteiger partial charge in [0.1, 0.15) is 0 Å². The molecule has 0 atom stereocenters. The predicted molar refractivity (Wildman–Crippen MR) is 88.5 cm³/mol. The van der Waals surface area contributed by atoms with Crippen LogP contribution in [0.25, 0.3) is 0 Å². The Kier molecular flexibility index (Phi) is 6.45. The van der Waals surface area contributed by atoms with Gasteiger partial charge in [-0.3, -0.25) is 4.68 Å². The third-order valence-electron chi connectivity index (χ3n) is 4.26. The summed E-state index contributed by atoms with van der Waals surface area (Å²) in [4.78, 5) is 13.4. The van der Waals surface area contributed by atoms with E-state index in [4.69, 9.17) is 14.6 Å². The minimum absolute atomic E-state index is 0.256. The largest absolute Gasteiger partial charge is 0.453 e. The molecule has 0 saturated carbocycles. The number of ether oxygens (including phenoxy) is 2. The molecule has 1 aromatic rings. The summed E-state index contributed by atoms with van der Waals surface area (Å²) in [6.07, 6.45) is 3.89. The first kappa shape index (κ1) is 17.8. The smallest absolute Gasteiger partial charge is 0.409 e. The van der Waals surface area contributed by atoms with Gasteiger partial charge in [0, 0.05) is 37.4 Å². The molecular formula is C17H29N3O3. The summed E-state index contributed by atoms with van der Waals surface area (Å²) >= 11 is 0. The molecule has 2 aliphatic heterocycles. The molecule has 0 aliphatic carbocycles. The van der Waals surface area contributed by atoms with Gasteiger partial charge in [-0.1, -0.05) is 20.3 Å². The third-order valence-corrected chi connectivity index (χ3v) is 4.26. The molecule has 1 amide bonds. The third kappa shape index (κ3) is 4.05. The lowest BCUT2D eigenvalue weighted by atomic mass is 10.0. The van der Waals surface area contributed by atoms with Crippen molar-refractivity contribution >= 4 is 6.09 Å². The van der Waals surface area contributed by atoms with Crippen molar-refractivity contribution in [1.82, 2.24) is 14.7 Å². The zero-order chi connectivity index (χ0) is 16.8. The first-order chi connectivity index (χ1) is 11.1. The number of aromatic nitrogens is 2. The Morgan fingerprint density at radius 2 is 2.00 bits per heavy atom. The zero-order valence-electron chi connectivity index (χ0n) is 14.8. The van der Waals surface area contributed by atoms with Crippen LogP contribution >= 0.6 is 0 Å². The van der Waals surface area contributed by atoms with Gasteiger partial charge in [0.15, 0.2) is 0 Å². The van der Waals surface area contributed by atoms with Gasteiger partial charge in [-0.05, 0) is 19.8 Å². The summed E-state index contributed by atoms with van der Waals surface area (Å²) in [5, 5.41) is 4.72. The Balaban J connectivity index is 0.000000595. The van der Waals surface area contributed by atoms with E-state index in [1.165, 1.54) is 24.8 Å². The number of fused-ring (bicyclic) bond motifs is 1. The molecule has 1 aromatic heterocycles. The first-order valence-electron chi connectivity index (χ1n) is 8.59. The van der Waals surface area contributed by atoms with E-state index in [1.807, 2.05) is 6.92 Å². The SMILES string of the molecule is CCC.COC(=O)N1CCc2c(c(C)nn2C2CCOCC2)C1. The molecule has 0 aromatic carbocycles. The maximum Gasteiger partial charge on any atom is 0.409 e. The second-order valence-corrected chi connectivity index (χ2v) is 6.15. The summed E-state index contributed by atoms with van der Waals surface area (Å²) in [5.74, 6) is 0. The molecule has 0 radical (unpaired) electrons. The van der Waals surface area contributed by atoms with E-state index in [9.17, 15) is 4.79 Å². The maximum absolute atomic E-state index is 11.7. The molecule has 3 rings (SSSR count). The fourth-order valence-electron chi connectivity index (χ4n) is 3.13. The van der Waals surface area contributed by atoms with Crippen LogP contribution in [0.1, 0.15) is 56.1 Å². The lowest BCUT2D eigenvalue weighted by Crippen LogP contribution is -2.36. The molecule has 1 saturated heterocycles. The summed E-state index contributed by atoms with van der Waals surface area (Å²) in [6.45, 7) is 9.21. The van der Waals surface area contributed by atoms with E-state index in [2.05, 4.69) is 18.5 Å². The van der Waals surface area contributed by atoms with E-state index in [0.717, 1.165) is 38.2 Å². The quantitative estimate of drug-likeness (QED) is 0.797. The molecule has 0 N–H and O–H groups in total. The maximum atomic E-state index is 11.7. The second kappa shape index (κ2) is 8.34. The van der Waals surface area contributed by atoms with Gasteiger partial charge in [-0.25, -0.2) is 4.79 Å². The van der Waals surface area contributed by atoms with Crippen molar-refractivity contribution < 1.29 is 14.3 Å². The van der Waals surface area contributed by atoms with Crippen molar-refractivity contribution in [2.24, 2.45) is 0 Å². The molecule has 3 heterocycles. The monoisotopic (exact) mass is 323 g/mol. The van der Waals surface area contributed by atoms with Crippen molar-refractivity contribution in [3.05, 3.63) is 17.0 Å². The molecule has 6 nitrogen and oxygen atoms in total. The molecule has 6 heteroatoms. The molecule has 130 valence electrons. The van der Waals surface area contributed by atoms with Crippen LogP contribution in [0, 0.1) is 6.92 Å². The highest BCUT2D eigenvalue weighted by atomic mass is 16.5. The van der Waals surface area contributed by atoms with Gasteiger partial charge in [-0.2, -0.15) is 5.10 Å². The highest BCUT2D eigenvalue weighted by Gasteiger charge is 2.29. The highest BCUT2D eigenvalue weighted by Crippen LogP contribution is 2.29. The molecule has 2 aliphatic rings. The van der Waals surface area contributed by atoms with E-state index < -0.39 is 0 Å². The molecule has 0 bridgehead atoms. The lowest BCUT2D eigenvalue weighted by molar-refractivity contribution is 0.0648. The Bertz CT molecular complexity index is 521. The lowest BCUT2D eigenvalue weighted by Gasteiger charge is -2.29. The molecule has 0 spiro atoms. The number of methoxy groups -OCH3 is 1. The standard InChI is InChI=1S/C14H21N3O3.C3H8/c1-10-12-9-16(14(18)19-2)6-3-13(12)17(15-10)11-4-7-20-8-5-11;1-3-2/h11H,3-9H2,1-2H3;3H2,1-2H3. The van der Waals surface area contributed by atoms with E-state index in [-0.39, 0.29) is 6.09 Å². The molecule has 0 unspecified atom stereocenters. The van der Waals surface area contributed by atoms with Crippen molar-refractivity contribution in [1.29, 1.82) is 0 Å². The Morgan fingerprint density at radius 1 is 1.35 bits per heavy atom.